The number of hydrogen-bond acceptors (Lipinski definition) is 3. The molecule has 0 heterocycles. The molecule has 1 aromatic carbocycles. The van der Waals surface area contributed by atoms with E-state index in [1.165, 1.54) is 0 Å². The molecule has 0 saturated heterocycles. The largest absolute Gasteiger partial charge is 0.507 e. The molecule has 0 aliphatic carbocycles. The van der Waals surface area contributed by atoms with Crippen LogP contribution in [0.1, 0.15) is 22.3 Å². The maximum Gasteiger partial charge on any atom is 0.257 e. The first-order valence-corrected chi connectivity index (χ1v) is 6.99. The first kappa shape index (κ1) is 13.9. The third-order valence-corrected chi connectivity index (χ3v) is 3.27. The van der Waals surface area contributed by atoms with Crippen LogP contribution in [0.3, 0.4) is 0 Å². The van der Waals surface area contributed by atoms with E-state index in [2.05, 4.69) is 0 Å². The number of aryl methyl sites for hydroxylation is 1. The van der Waals surface area contributed by atoms with E-state index in [4.69, 9.17) is 0 Å². The van der Waals surface area contributed by atoms with Crippen LogP contribution in [0, 0.1) is 6.92 Å². The molecule has 0 fully saturated rings. The van der Waals surface area contributed by atoms with Gasteiger partial charge in [0.05, 0.1) is 5.56 Å². The summed E-state index contributed by atoms with van der Waals surface area (Å²) < 4.78 is 0. The normalized spacial score (nSPS) is 10.3. The van der Waals surface area contributed by atoms with Crippen molar-refractivity contribution >= 4 is 17.7 Å². The third kappa shape index (κ3) is 3.97. The summed E-state index contributed by atoms with van der Waals surface area (Å²) in [5.41, 5.74) is 1.36. The zero-order valence-corrected chi connectivity index (χ0v) is 11.4. The van der Waals surface area contributed by atoms with Gasteiger partial charge in [0.25, 0.3) is 5.91 Å². The van der Waals surface area contributed by atoms with E-state index in [9.17, 15) is 9.90 Å². The molecule has 1 rings (SSSR count). The molecule has 0 unspecified atom stereocenters. The Morgan fingerprint density at radius 1 is 1.47 bits per heavy atom. The predicted octanol–water partition coefficient (Wildman–Crippen LogP) is 2.53. The van der Waals surface area contributed by atoms with Crippen LogP contribution in [-0.2, 0) is 0 Å². The molecule has 3 nitrogen and oxygen atoms in total. The highest BCUT2D eigenvalue weighted by Crippen LogP contribution is 2.19. The summed E-state index contributed by atoms with van der Waals surface area (Å²) in [5, 5.41) is 9.67. The highest BCUT2D eigenvalue weighted by Gasteiger charge is 2.15. The molecule has 0 spiro atoms. The fourth-order valence-electron chi connectivity index (χ4n) is 1.57. The van der Waals surface area contributed by atoms with Crippen molar-refractivity contribution in [2.75, 3.05) is 25.6 Å². The second-order valence-corrected chi connectivity index (χ2v) is 5.08. The highest BCUT2D eigenvalue weighted by atomic mass is 32.2. The van der Waals surface area contributed by atoms with Gasteiger partial charge in [-0.2, -0.15) is 11.8 Å². The second-order valence-electron chi connectivity index (χ2n) is 4.09. The molecule has 0 atom stereocenters. The molecule has 0 bridgehead atoms. The molecule has 17 heavy (non-hydrogen) atoms. The van der Waals surface area contributed by atoms with E-state index in [0.29, 0.717) is 12.1 Å². The first-order chi connectivity index (χ1) is 8.06. The Labute approximate surface area is 107 Å². The lowest BCUT2D eigenvalue weighted by molar-refractivity contribution is 0.0792. The minimum atomic E-state index is -0.118. The topological polar surface area (TPSA) is 40.5 Å². The van der Waals surface area contributed by atoms with E-state index >= 15 is 0 Å². The van der Waals surface area contributed by atoms with Gasteiger partial charge in [0.15, 0.2) is 0 Å². The summed E-state index contributed by atoms with van der Waals surface area (Å²) in [7, 11) is 1.77. The van der Waals surface area contributed by atoms with Gasteiger partial charge < -0.3 is 10.0 Å². The van der Waals surface area contributed by atoms with E-state index in [-0.39, 0.29) is 11.7 Å². The highest BCUT2D eigenvalue weighted by molar-refractivity contribution is 7.98. The van der Waals surface area contributed by atoms with Crippen molar-refractivity contribution < 1.29 is 9.90 Å². The van der Waals surface area contributed by atoms with Gasteiger partial charge in [0, 0.05) is 13.6 Å². The van der Waals surface area contributed by atoms with Crippen molar-refractivity contribution in [1.82, 2.24) is 4.90 Å². The summed E-state index contributed by atoms with van der Waals surface area (Å²) in [5.74, 6) is 0.974. The monoisotopic (exact) mass is 253 g/mol. The maximum absolute atomic E-state index is 12.1. The number of amides is 1. The van der Waals surface area contributed by atoms with Crippen LogP contribution in [0.5, 0.6) is 5.75 Å². The number of nitrogens with zero attached hydrogens (tertiary/aromatic N) is 1. The number of benzene rings is 1. The average molecular weight is 253 g/mol. The lowest BCUT2D eigenvalue weighted by Crippen LogP contribution is -2.28. The number of carbonyl (C=O) groups excluding carboxylic acids is 1. The van der Waals surface area contributed by atoms with E-state index < -0.39 is 0 Å². The number of rotatable bonds is 5. The van der Waals surface area contributed by atoms with Crippen LogP contribution in [0.4, 0.5) is 0 Å². The Hall–Kier alpha value is -1.16. The van der Waals surface area contributed by atoms with Crippen LogP contribution in [0.15, 0.2) is 18.2 Å². The molecule has 94 valence electrons. The molecule has 0 aliphatic rings. The summed E-state index contributed by atoms with van der Waals surface area (Å²) >= 11 is 1.77. The molecule has 1 N–H and O–H groups in total. The summed E-state index contributed by atoms with van der Waals surface area (Å²) in [4.78, 5) is 13.7. The number of phenolic OH excluding ortho intramolecular Hbond substituents is 1. The van der Waals surface area contributed by atoms with Crippen molar-refractivity contribution in [2.45, 2.75) is 13.3 Å². The summed E-state index contributed by atoms with van der Waals surface area (Å²) in [6, 6.07) is 5.08. The van der Waals surface area contributed by atoms with Crippen molar-refractivity contribution in [3.63, 3.8) is 0 Å². The smallest absolute Gasteiger partial charge is 0.257 e. The van der Waals surface area contributed by atoms with E-state index in [1.807, 2.05) is 13.2 Å². The molecular formula is C13H19NO2S. The van der Waals surface area contributed by atoms with Gasteiger partial charge in [-0.05, 0) is 37.5 Å². The van der Waals surface area contributed by atoms with Crippen molar-refractivity contribution in [3.05, 3.63) is 29.3 Å². The quantitative estimate of drug-likeness (QED) is 0.820. The molecule has 1 amide bonds. The maximum atomic E-state index is 12.1. The Bertz CT molecular complexity index is 393. The molecule has 0 radical (unpaired) electrons. The minimum absolute atomic E-state index is 0.0531. The van der Waals surface area contributed by atoms with Gasteiger partial charge in [-0.1, -0.05) is 11.6 Å². The van der Waals surface area contributed by atoms with Crippen LogP contribution in [-0.4, -0.2) is 41.5 Å². The second kappa shape index (κ2) is 6.55. The fourth-order valence-corrected chi connectivity index (χ4v) is 1.99. The van der Waals surface area contributed by atoms with Gasteiger partial charge in [0.2, 0.25) is 0 Å². The van der Waals surface area contributed by atoms with E-state index in [1.54, 1.807) is 41.9 Å². The minimum Gasteiger partial charge on any atom is -0.507 e. The summed E-state index contributed by atoms with van der Waals surface area (Å²) in [6.07, 6.45) is 3.02. The number of phenols is 1. The molecule has 0 aliphatic heterocycles. The van der Waals surface area contributed by atoms with Crippen molar-refractivity contribution in [3.8, 4) is 5.75 Å². The number of hydrogen-bond donors (Lipinski definition) is 1. The zero-order chi connectivity index (χ0) is 12.8. The summed E-state index contributed by atoms with van der Waals surface area (Å²) in [6.45, 7) is 2.62. The number of thioether (sulfide) groups is 1. The molecule has 0 saturated carbocycles. The van der Waals surface area contributed by atoms with Crippen LogP contribution in [0.25, 0.3) is 0 Å². The average Bonchev–Trinajstić information content (AvgIpc) is 2.31. The molecule has 0 aromatic heterocycles. The van der Waals surface area contributed by atoms with Gasteiger partial charge in [0.1, 0.15) is 5.75 Å². The van der Waals surface area contributed by atoms with Gasteiger partial charge >= 0.3 is 0 Å². The predicted molar refractivity (Wildman–Crippen MR) is 72.8 cm³/mol. The molecular weight excluding hydrogens is 234 g/mol. The number of carbonyl (C=O) groups is 1. The Balaban J connectivity index is 2.71. The standard InChI is InChI=1S/C13H19NO2S/c1-10-5-6-12(15)11(9-10)13(16)14(2)7-4-8-17-3/h5-6,9,15H,4,7-8H2,1-3H3. The fraction of sp³-hybridized carbons (Fsp3) is 0.462. The Morgan fingerprint density at radius 3 is 2.82 bits per heavy atom. The van der Waals surface area contributed by atoms with Crippen molar-refractivity contribution in [2.24, 2.45) is 0 Å². The SMILES string of the molecule is CSCCCN(C)C(=O)c1cc(C)ccc1O. The lowest BCUT2D eigenvalue weighted by Gasteiger charge is -2.17. The Kier molecular flexibility index (Phi) is 5.35. The first-order valence-electron chi connectivity index (χ1n) is 5.60. The van der Waals surface area contributed by atoms with Gasteiger partial charge in [-0.25, -0.2) is 0 Å². The lowest BCUT2D eigenvalue weighted by atomic mass is 10.1. The van der Waals surface area contributed by atoms with E-state index in [0.717, 1.165) is 17.7 Å². The molecule has 4 heteroatoms. The van der Waals surface area contributed by atoms with Gasteiger partial charge in [-0.15, -0.1) is 0 Å². The Morgan fingerprint density at radius 2 is 2.18 bits per heavy atom. The van der Waals surface area contributed by atoms with Crippen LogP contribution in [0.2, 0.25) is 0 Å². The third-order valence-electron chi connectivity index (χ3n) is 2.57. The van der Waals surface area contributed by atoms with Crippen LogP contribution < -0.4 is 0 Å². The van der Waals surface area contributed by atoms with Crippen LogP contribution >= 0.6 is 11.8 Å². The van der Waals surface area contributed by atoms with Gasteiger partial charge in [-0.3, -0.25) is 4.79 Å². The van der Waals surface area contributed by atoms with Crippen molar-refractivity contribution in [1.29, 1.82) is 0 Å². The number of aromatic hydroxyl groups is 1. The zero-order valence-electron chi connectivity index (χ0n) is 10.6. The molecule has 1 aromatic rings.